The Morgan fingerprint density at radius 3 is 1.04 bits per heavy atom. The quantitative estimate of drug-likeness (QED) is 0.121. The van der Waals surface area contributed by atoms with Gasteiger partial charge >= 0.3 is 0 Å². The first-order chi connectivity index (χ1) is 57.3. The summed E-state index contributed by atoms with van der Waals surface area (Å²) in [7, 11) is 0. The van der Waals surface area contributed by atoms with E-state index in [1.54, 1.807) is 18.2 Å². The lowest BCUT2D eigenvalue weighted by Gasteiger charge is -2.46. The molecule has 0 atom stereocenters. The molecule has 16 aromatic rings. The van der Waals surface area contributed by atoms with Gasteiger partial charge in [0.2, 0.25) is 0 Å². The molecule has 0 fully saturated rings. The Kier molecular flexibility index (Phi) is 11.0. The number of aromatic nitrogens is 4. The van der Waals surface area contributed by atoms with Crippen LogP contribution in [0.2, 0.25) is 0 Å². The fraction of sp³-hybridized carbons (Fsp3) is 0.0842. The van der Waals surface area contributed by atoms with Crippen LogP contribution in [-0.2, 0) is 10.8 Å². The number of fused-ring (bicyclic) bond motifs is 7. The third-order valence-corrected chi connectivity index (χ3v) is 19.5. The smallest absolute Gasteiger partial charge is 0.252 e. The number of hydrogen-bond donors (Lipinski definition) is 0. The van der Waals surface area contributed by atoms with Gasteiger partial charge in [-0.2, -0.15) is 0 Å². The number of rotatable bonds is 11. The molecule has 0 unspecified atom stereocenters. The monoisotopic (exact) mass is 1330 g/mol. The molecule has 2 aromatic heterocycles. The molecule has 0 saturated heterocycles. The maximum Gasteiger partial charge on any atom is 0.252 e. The topological polar surface area (TPSA) is 50.1 Å². The molecule has 0 spiro atoms. The number of nitrogens with zero attached hydrogens (tertiary/aromatic N) is 6. The van der Waals surface area contributed by atoms with Gasteiger partial charge in [0, 0.05) is 66.9 Å². The van der Waals surface area contributed by atoms with Crippen LogP contribution < -0.4 is 26.2 Å². The van der Waals surface area contributed by atoms with Gasteiger partial charge in [-0.15, -0.1) is 0 Å². The average molecular weight is 1330 g/mol. The van der Waals surface area contributed by atoms with Gasteiger partial charge in [-0.1, -0.05) is 314 Å². The second kappa shape index (κ2) is 24.8. The Morgan fingerprint density at radius 2 is 0.647 bits per heavy atom. The van der Waals surface area contributed by atoms with Crippen molar-refractivity contribution in [2.45, 2.75) is 52.4 Å². The van der Waals surface area contributed by atoms with Crippen molar-refractivity contribution >= 4 is 79.0 Å². The molecule has 4 heterocycles. The number of anilines is 6. The fourth-order valence-electron chi connectivity index (χ4n) is 14.6. The second-order valence-electron chi connectivity index (χ2n) is 27.8. The van der Waals surface area contributed by atoms with Crippen LogP contribution in [0.25, 0.3) is 117 Å². The minimum Gasteiger partial charge on any atom is -0.310 e. The Hall–Kier alpha value is -12.4. The Balaban J connectivity index is 1.12. The van der Waals surface area contributed by atoms with Gasteiger partial charge in [-0.25, -0.2) is 15.0 Å². The Labute approximate surface area is 622 Å². The van der Waals surface area contributed by atoms with Crippen LogP contribution in [-0.4, -0.2) is 26.2 Å². The van der Waals surface area contributed by atoms with Gasteiger partial charge in [-0.3, -0.25) is 0 Å². The van der Waals surface area contributed by atoms with Crippen LogP contribution in [0.1, 0.15) is 77.3 Å². The molecule has 0 aliphatic carbocycles. The van der Waals surface area contributed by atoms with Crippen molar-refractivity contribution < 1.29 is 24.7 Å². The van der Waals surface area contributed by atoms with E-state index in [1.807, 2.05) is 182 Å². The molecule has 0 N–H and O–H groups in total. The Bertz CT molecular complexity index is 6790. The van der Waals surface area contributed by atoms with Crippen molar-refractivity contribution in [3.63, 3.8) is 0 Å². The van der Waals surface area contributed by atoms with Crippen LogP contribution in [0, 0.1) is 0 Å². The molecule has 102 heavy (non-hydrogen) atoms. The van der Waals surface area contributed by atoms with Crippen molar-refractivity contribution in [3.05, 3.63) is 344 Å². The molecular formula is C95H73BN6. The third-order valence-electron chi connectivity index (χ3n) is 19.5. The van der Waals surface area contributed by atoms with E-state index in [9.17, 15) is 21.9 Å². The molecular weight excluding hydrogens is 1240 g/mol. The predicted octanol–water partition coefficient (Wildman–Crippen LogP) is 23.0. The highest BCUT2D eigenvalue weighted by atomic mass is 15.2. The summed E-state index contributed by atoms with van der Waals surface area (Å²) in [6.45, 7) is 11.8. The minimum absolute atomic E-state index is 0.101. The van der Waals surface area contributed by atoms with E-state index >= 15 is 0 Å². The third kappa shape index (κ3) is 10.7. The summed E-state index contributed by atoms with van der Waals surface area (Å²) >= 11 is 0. The highest BCUT2D eigenvalue weighted by molar-refractivity contribution is 7.00. The first-order valence-corrected chi connectivity index (χ1v) is 34.0. The fourth-order valence-corrected chi connectivity index (χ4v) is 14.6. The molecule has 2 aliphatic rings. The molecule has 2 aliphatic heterocycles. The lowest BCUT2D eigenvalue weighted by Crippen LogP contribution is -2.61. The Morgan fingerprint density at radius 1 is 0.304 bits per heavy atom. The van der Waals surface area contributed by atoms with Crippen LogP contribution in [0.15, 0.2) is 333 Å². The van der Waals surface area contributed by atoms with Crippen molar-refractivity contribution in [1.82, 2.24) is 19.5 Å². The van der Waals surface area contributed by atoms with Crippen LogP contribution in [0.3, 0.4) is 0 Å². The molecule has 6 nitrogen and oxygen atoms in total. The van der Waals surface area contributed by atoms with Gasteiger partial charge in [0.05, 0.1) is 52.8 Å². The summed E-state index contributed by atoms with van der Waals surface area (Å²) in [6.07, 6.45) is 0. The van der Waals surface area contributed by atoms with Crippen molar-refractivity contribution in [2.75, 3.05) is 9.80 Å². The molecule has 486 valence electrons. The van der Waals surface area contributed by atoms with Gasteiger partial charge < -0.3 is 14.4 Å². The lowest BCUT2D eigenvalue weighted by atomic mass is 9.33. The van der Waals surface area contributed by atoms with Crippen molar-refractivity contribution in [2.24, 2.45) is 0 Å². The molecule has 0 bridgehead atoms. The lowest BCUT2D eigenvalue weighted by molar-refractivity contribution is 0.590. The van der Waals surface area contributed by atoms with E-state index in [1.165, 1.54) is 4.57 Å². The molecule has 0 amide bonds. The van der Waals surface area contributed by atoms with Crippen molar-refractivity contribution in [1.29, 1.82) is 0 Å². The SMILES string of the molecule is [2H]c1c([2H])c([2H])c(-c2ccc3c(c2)N(c2c(-c4ccccc4)cc(C(C)(C)C)cc2-c2ccccc2)c2cc(-n4c5c([2H])c([2H])c([2H])c([2H])c5c5c([2H])c([2H])c([2H])c([2H])c54)cc4c2B3c2ccc(-c3c([2H])c([2H])c([2H])c([2H])c3[2H])cc2N4c2c(-c3ccccc3)cc(C(C)(C)C)cc2-c2nc(-c3ccccc3)nc(-c3ccccc3)n2)c([2H])c1[2H]. The molecule has 0 saturated carbocycles. The molecule has 18 rings (SSSR count). The summed E-state index contributed by atoms with van der Waals surface area (Å²) < 4.78 is 173. The van der Waals surface area contributed by atoms with Gasteiger partial charge in [0.1, 0.15) is 0 Å². The van der Waals surface area contributed by atoms with E-state index in [0.29, 0.717) is 101 Å². The van der Waals surface area contributed by atoms with E-state index < -0.39 is 126 Å². The maximum absolute atomic E-state index is 10.2. The number of para-hydroxylation sites is 2. The summed E-state index contributed by atoms with van der Waals surface area (Å²) in [5, 5.41) is -0.383. The molecule has 7 heteroatoms. The van der Waals surface area contributed by atoms with Crippen molar-refractivity contribution in [3.8, 4) is 95.5 Å². The molecule has 14 aromatic carbocycles. The maximum atomic E-state index is 10.2. The normalized spacial score (nSPS) is 15.0. The summed E-state index contributed by atoms with van der Waals surface area (Å²) in [5.74, 6) is 0.856. The summed E-state index contributed by atoms with van der Waals surface area (Å²) in [6, 6.07) is 61.5. The van der Waals surface area contributed by atoms with Gasteiger partial charge in [-0.05, 0) is 138 Å². The highest BCUT2D eigenvalue weighted by Gasteiger charge is 2.46. The van der Waals surface area contributed by atoms with E-state index in [0.717, 1.165) is 22.3 Å². The first kappa shape index (κ1) is 45.3. The summed E-state index contributed by atoms with van der Waals surface area (Å²) in [5.41, 5.74) is 10.9. The number of hydrogen-bond acceptors (Lipinski definition) is 5. The zero-order valence-electron chi connectivity index (χ0n) is 74.6. The van der Waals surface area contributed by atoms with Crippen LogP contribution in [0.5, 0.6) is 0 Å². The van der Waals surface area contributed by atoms with Crippen LogP contribution in [0.4, 0.5) is 34.1 Å². The van der Waals surface area contributed by atoms with E-state index in [4.69, 9.17) is 17.7 Å². The largest absolute Gasteiger partial charge is 0.310 e. The van der Waals surface area contributed by atoms with Gasteiger partial charge in [0.25, 0.3) is 6.71 Å². The zero-order valence-corrected chi connectivity index (χ0v) is 56.6. The minimum atomic E-state index is -0.976. The highest BCUT2D eigenvalue weighted by Crippen LogP contribution is 2.56. The van der Waals surface area contributed by atoms with Gasteiger partial charge in [0.15, 0.2) is 17.5 Å². The van der Waals surface area contributed by atoms with E-state index in [2.05, 4.69) is 75.6 Å². The summed E-state index contributed by atoms with van der Waals surface area (Å²) in [4.78, 5) is 20.5. The standard InChI is InChI=1S/C95H73BN6/c1-94(2,3)71-56-76(64-36-18-9-19-37-64)89(77(57-71)65-38-20-10-21-39-65)101-84-54-69(62-32-14-7-15-33-62)50-52-80(84)96-81-53-51-70(63-34-16-8-17-35-63)55-85(81)102(87-61-73(60-86(101)88(87)96)100-82-48-30-28-46-74(82)75-47-29-31-49-83(75)100)90-78(66-40-22-11-23-41-66)58-72(95(4,5)6)59-79(90)93-98-91(67-42-24-12-25-43-67)97-92(99-93)68-44-26-13-27-45-68/h7-61H,1-6H3/i7D,8D,14D,15D,16D,17D,28D,29D,30D,31D,32D,33D,34D,35D,46D,47D,48D,49D. The number of benzene rings is 14. The predicted molar refractivity (Wildman–Crippen MR) is 429 cm³/mol. The average Bonchev–Trinajstić information content (AvgIpc) is 1.05. The molecule has 0 radical (unpaired) electrons. The van der Waals surface area contributed by atoms with E-state index in [-0.39, 0.29) is 55.6 Å². The van der Waals surface area contributed by atoms with Crippen LogP contribution >= 0.6 is 0 Å². The first-order valence-electron chi connectivity index (χ1n) is 43.0. The second-order valence-corrected chi connectivity index (χ2v) is 27.8. The zero-order chi connectivity index (χ0) is 84.5.